The van der Waals surface area contributed by atoms with Gasteiger partial charge in [0.2, 0.25) is 5.76 Å². The topological polar surface area (TPSA) is 81.6 Å². The minimum Gasteiger partial charge on any atom is -0.438 e. The van der Waals surface area contributed by atoms with E-state index in [-0.39, 0.29) is 18.1 Å². The van der Waals surface area contributed by atoms with Crippen molar-refractivity contribution in [3.63, 3.8) is 0 Å². The van der Waals surface area contributed by atoms with Crippen molar-refractivity contribution in [1.82, 2.24) is 9.88 Å². The van der Waals surface area contributed by atoms with Crippen LogP contribution in [0.3, 0.4) is 0 Å². The summed E-state index contributed by atoms with van der Waals surface area (Å²) in [4.78, 5) is 17.8. The summed E-state index contributed by atoms with van der Waals surface area (Å²) in [6, 6.07) is -0.0959. The summed E-state index contributed by atoms with van der Waals surface area (Å²) in [5, 5.41) is 0. The van der Waals surface area contributed by atoms with E-state index >= 15 is 0 Å². The van der Waals surface area contributed by atoms with Gasteiger partial charge in [-0.1, -0.05) is 0 Å². The molecule has 0 aromatic carbocycles. The first-order valence-electron chi connectivity index (χ1n) is 5.66. The highest BCUT2D eigenvalue weighted by atomic mass is 16.5. The van der Waals surface area contributed by atoms with E-state index in [1.807, 2.05) is 6.92 Å². The normalized spacial score (nSPS) is 22.5. The Labute approximate surface area is 99.7 Å². The van der Waals surface area contributed by atoms with Gasteiger partial charge < -0.3 is 19.8 Å². The molecule has 17 heavy (non-hydrogen) atoms. The number of carbonyl (C=O) groups excluding carboxylic acids is 1. The summed E-state index contributed by atoms with van der Waals surface area (Å²) in [6.45, 7) is 5.18. The van der Waals surface area contributed by atoms with Crippen molar-refractivity contribution in [3.8, 4) is 0 Å². The molecule has 0 bridgehead atoms. The largest absolute Gasteiger partial charge is 0.438 e. The second-order valence-electron chi connectivity index (χ2n) is 4.29. The van der Waals surface area contributed by atoms with Gasteiger partial charge in [0.25, 0.3) is 5.91 Å². The second kappa shape index (κ2) is 4.85. The fourth-order valence-electron chi connectivity index (χ4n) is 1.83. The number of morpholine rings is 1. The van der Waals surface area contributed by atoms with Crippen LogP contribution in [0.25, 0.3) is 0 Å². The number of rotatable bonds is 2. The first kappa shape index (κ1) is 12.1. The number of amides is 1. The molecule has 2 atom stereocenters. The van der Waals surface area contributed by atoms with Gasteiger partial charge in [0.1, 0.15) is 0 Å². The Morgan fingerprint density at radius 1 is 1.71 bits per heavy atom. The van der Waals surface area contributed by atoms with Gasteiger partial charge in [-0.15, -0.1) is 0 Å². The lowest BCUT2D eigenvalue weighted by Crippen LogP contribution is -2.51. The fraction of sp³-hybridized carbons (Fsp3) is 0.636. The van der Waals surface area contributed by atoms with Crippen molar-refractivity contribution < 1.29 is 13.9 Å². The molecule has 1 saturated heterocycles. The maximum atomic E-state index is 12.1. The molecule has 1 aliphatic heterocycles. The van der Waals surface area contributed by atoms with Gasteiger partial charge in [-0.05, 0) is 13.8 Å². The molecule has 94 valence electrons. The van der Waals surface area contributed by atoms with Crippen molar-refractivity contribution in [2.24, 2.45) is 5.73 Å². The summed E-state index contributed by atoms with van der Waals surface area (Å²) >= 11 is 0. The molecule has 6 heteroatoms. The number of aryl methyl sites for hydroxylation is 1. The van der Waals surface area contributed by atoms with E-state index in [2.05, 4.69) is 4.98 Å². The van der Waals surface area contributed by atoms with Crippen molar-refractivity contribution in [1.29, 1.82) is 0 Å². The van der Waals surface area contributed by atoms with E-state index in [9.17, 15) is 4.79 Å². The molecule has 1 amide bonds. The van der Waals surface area contributed by atoms with Crippen LogP contribution in [0.2, 0.25) is 0 Å². The SMILES string of the molecule is Cc1ncoc1C(=O)N1CCOC(C(C)N)C1. The zero-order chi connectivity index (χ0) is 12.4. The zero-order valence-corrected chi connectivity index (χ0v) is 10.0. The average molecular weight is 239 g/mol. The molecule has 2 heterocycles. The van der Waals surface area contributed by atoms with Gasteiger partial charge >= 0.3 is 0 Å². The van der Waals surface area contributed by atoms with Gasteiger partial charge in [-0.2, -0.15) is 0 Å². The highest BCUT2D eigenvalue weighted by Gasteiger charge is 2.29. The number of carbonyl (C=O) groups is 1. The Bertz CT molecular complexity index is 402. The van der Waals surface area contributed by atoms with Crippen LogP contribution < -0.4 is 5.73 Å². The summed E-state index contributed by atoms with van der Waals surface area (Å²) in [5.74, 6) is 0.157. The van der Waals surface area contributed by atoms with Crippen LogP contribution in [0.5, 0.6) is 0 Å². The quantitative estimate of drug-likeness (QED) is 0.795. The average Bonchev–Trinajstić information content (AvgIpc) is 2.74. The number of nitrogens with zero attached hydrogens (tertiary/aromatic N) is 2. The van der Waals surface area contributed by atoms with E-state index < -0.39 is 0 Å². The van der Waals surface area contributed by atoms with E-state index in [0.717, 1.165) is 0 Å². The van der Waals surface area contributed by atoms with E-state index in [1.54, 1.807) is 11.8 Å². The van der Waals surface area contributed by atoms with E-state index in [0.29, 0.717) is 31.2 Å². The first-order chi connectivity index (χ1) is 8.09. The molecule has 0 aliphatic carbocycles. The Morgan fingerprint density at radius 3 is 3.06 bits per heavy atom. The standard InChI is InChI=1S/C11H17N3O3/c1-7(12)9-5-14(3-4-16-9)11(15)10-8(2)13-6-17-10/h6-7,9H,3-5,12H2,1-2H3. The van der Waals surface area contributed by atoms with Crippen LogP contribution in [0.4, 0.5) is 0 Å². The summed E-state index contributed by atoms with van der Waals surface area (Å²) in [6.07, 6.45) is 1.17. The molecule has 1 aliphatic rings. The molecule has 0 spiro atoms. The molecule has 6 nitrogen and oxygen atoms in total. The molecule has 0 saturated carbocycles. The lowest BCUT2D eigenvalue weighted by molar-refractivity contribution is -0.0308. The third-order valence-electron chi connectivity index (χ3n) is 2.91. The third-order valence-corrected chi connectivity index (χ3v) is 2.91. The second-order valence-corrected chi connectivity index (χ2v) is 4.29. The smallest absolute Gasteiger partial charge is 0.291 e. The van der Waals surface area contributed by atoms with Gasteiger partial charge in [0, 0.05) is 19.1 Å². The molecular weight excluding hydrogens is 222 g/mol. The minimum absolute atomic E-state index is 0.0959. The summed E-state index contributed by atoms with van der Waals surface area (Å²) in [7, 11) is 0. The van der Waals surface area contributed by atoms with Crippen LogP contribution >= 0.6 is 0 Å². The number of ether oxygens (including phenoxy) is 1. The minimum atomic E-state index is -0.144. The third kappa shape index (κ3) is 2.48. The van der Waals surface area contributed by atoms with E-state index in [1.165, 1.54) is 6.39 Å². The monoisotopic (exact) mass is 239 g/mol. The molecule has 1 aromatic heterocycles. The maximum Gasteiger partial charge on any atom is 0.291 e. The van der Waals surface area contributed by atoms with Crippen molar-refractivity contribution in [2.45, 2.75) is 26.0 Å². The zero-order valence-electron chi connectivity index (χ0n) is 10.0. The van der Waals surface area contributed by atoms with Crippen molar-refractivity contribution in [2.75, 3.05) is 19.7 Å². The molecule has 2 rings (SSSR count). The maximum absolute atomic E-state index is 12.1. The number of hydrogen-bond acceptors (Lipinski definition) is 5. The lowest BCUT2D eigenvalue weighted by Gasteiger charge is -2.34. The van der Waals surface area contributed by atoms with Crippen LogP contribution in [0, 0.1) is 6.92 Å². The molecule has 2 N–H and O–H groups in total. The highest BCUT2D eigenvalue weighted by Crippen LogP contribution is 2.14. The molecule has 1 fully saturated rings. The summed E-state index contributed by atoms with van der Waals surface area (Å²) in [5.41, 5.74) is 6.39. The number of aromatic nitrogens is 1. The Hall–Kier alpha value is -1.40. The molecule has 0 radical (unpaired) electrons. The lowest BCUT2D eigenvalue weighted by atomic mass is 10.1. The van der Waals surface area contributed by atoms with Gasteiger partial charge in [0.15, 0.2) is 6.39 Å². The Balaban J connectivity index is 2.07. The molecular formula is C11H17N3O3. The van der Waals surface area contributed by atoms with Crippen LogP contribution in [0.1, 0.15) is 23.2 Å². The Kier molecular flexibility index (Phi) is 3.44. The van der Waals surface area contributed by atoms with Crippen LogP contribution in [0.15, 0.2) is 10.8 Å². The first-order valence-corrected chi connectivity index (χ1v) is 5.66. The number of hydrogen-bond donors (Lipinski definition) is 1. The van der Waals surface area contributed by atoms with Crippen LogP contribution in [-0.4, -0.2) is 47.6 Å². The number of oxazole rings is 1. The van der Waals surface area contributed by atoms with Gasteiger partial charge in [0.05, 0.1) is 18.4 Å². The van der Waals surface area contributed by atoms with Gasteiger partial charge in [-0.25, -0.2) is 4.98 Å². The van der Waals surface area contributed by atoms with E-state index in [4.69, 9.17) is 14.9 Å². The van der Waals surface area contributed by atoms with Gasteiger partial charge in [-0.3, -0.25) is 4.79 Å². The molecule has 1 aromatic rings. The summed E-state index contributed by atoms with van der Waals surface area (Å²) < 4.78 is 10.6. The Morgan fingerprint density at radius 2 is 2.47 bits per heavy atom. The molecule has 2 unspecified atom stereocenters. The van der Waals surface area contributed by atoms with Crippen molar-refractivity contribution >= 4 is 5.91 Å². The fourth-order valence-corrected chi connectivity index (χ4v) is 1.83. The number of nitrogens with two attached hydrogens (primary N) is 1. The van der Waals surface area contributed by atoms with Crippen molar-refractivity contribution in [3.05, 3.63) is 17.8 Å². The van der Waals surface area contributed by atoms with Crippen LogP contribution in [-0.2, 0) is 4.74 Å². The highest BCUT2D eigenvalue weighted by molar-refractivity contribution is 5.92. The predicted octanol–water partition coefficient (Wildman–Crippen LogP) is 0.171. The predicted molar refractivity (Wildman–Crippen MR) is 60.5 cm³/mol.